The molecule has 128 valence electrons. The fraction of sp³-hybridized carbons (Fsp3) is 0.111. The summed E-state index contributed by atoms with van der Waals surface area (Å²) in [4.78, 5) is 25.3. The van der Waals surface area contributed by atoms with Crippen LogP contribution < -0.4 is 5.32 Å². The zero-order valence-corrected chi connectivity index (χ0v) is 14.9. The number of ether oxygens (including phenoxy) is 1. The summed E-state index contributed by atoms with van der Waals surface area (Å²) in [7, 11) is 0. The van der Waals surface area contributed by atoms with Gasteiger partial charge in [-0.3, -0.25) is 4.79 Å². The van der Waals surface area contributed by atoms with E-state index in [9.17, 15) is 14.0 Å². The minimum atomic E-state index is -0.602. The van der Waals surface area contributed by atoms with Crippen LogP contribution in [0.1, 0.15) is 9.67 Å². The summed E-state index contributed by atoms with van der Waals surface area (Å²) in [6.45, 7) is -0.385. The summed E-state index contributed by atoms with van der Waals surface area (Å²) in [6, 6.07) is 13.2. The van der Waals surface area contributed by atoms with Crippen LogP contribution >= 0.6 is 23.1 Å². The Morgan fingerprint density at radius 1 is 1.20 bits per heavy atom. The van der Waals surface area contributed by atoms with E-state index >= 15 is 0 Å². The number of hydrogen-bond acceptors (Lipinski definition) is 5. The highest BCUT2D eigenvalue weighted by atomic mass is 32.2. The molecule has 0 unspecified atom stereocenters. The molecule has 0 saturated heterocycles. The molecule has 0 saturated carbocycles. The molecule has 0 bridgehead atoms. The zero-order valence-electron chi connectivity index (χ0n) is 13.2. The Balaban J connectivity index is 1.62. The first kappa shape index (κ1) is 17.4. The van der Waals surface area contributed by atoms with Crippen molar-refractivity contribution < 1.29 is 18.7 Å². The van der Waals surface area contributed by atoms with E-state index in [0.717, 1.165) is 9.60 Å². The molecule has 0 aliphatic carbocycles. The monoisotopic (exact) mass is 375 g/mol. The third-order valence-electron chi connectivity index (χ3n) is 3.39. The molecule has 1 N–H and O–H groups in total. The molecule has 1 aromatic heterocycles. The van der Waals surface area contributed by atoms with Gasteiger partial charge in [0.2, 0.25) is 0 Å². The van der Waals surface area contributed by atoms with E-state index in [1.54, 1.807) is 18.2 Å². The number of halogens is 1. The summed E-state index contributed by atoms with van der Waals surface area (Å²) in [6.07, 6.45) is 1.91. The summed E-state index contributed by atoms with van der Waals surface area (Å²) < 4.78 is 19.0. The van der Waals surface area contributed by atoms with E-state index in [1.165, 1.54) is 35.2 Å². The Morgan fingerprint density at radius 2 is 2.00 bits per heavy atom. The van der Waals surface area contributed by atoms with Crippen LogP contribution in [0, 0.1) is 5.82 Å². The van der Waals surface area contributed by atoms with Gasteiger partial charge in [-0.25, -0.2) is 9.18 Å². The van der Waals surface area contributed by atoms with Gasteiger partial charge in [-0.1, -0.05) is 12.1 Å². The predicted octanol–water partition coefficient (Wildman–Crippen LogP) is 4.56. The standard InChI is InChI=1S/C18H14FNO3S2/c1-24-15-5-3-2-4-13(15)20-17(21)10-23-18(22)16-9-11-8-12(19)6-7-14(11)25-16/h2-9H,10H2,1H3,(H,20,21). The number of amides is 1. The Bertz CT molecular complexity index is 939. The lowest BCUT2D eigenvalue weighted by Crippen LogP contribution is -2.20. The van der Waals surface area contributed by atoms with Crippen LogP contribution in [0.2, 0.25) is 0 Å². The highest BCUT2D eigenvalue weighted by Gasteiger charge is 2.14. The molecule has 3 rings (SSSR count). The number of benzene rings is 2. The van der Waals surface area contributed by atoms with Crippen molar-refractivity contribution in [3.63, 3.8) is 0 Å². The number of carbonyl (C=O) groups excluding carboxylic acids is 2. The van der Waals surface area contributed by atoms with Crippen LogP contribution in [0.15, 0.2) is 53.4 Å². The number of carbonyl (C=O) groups is 2. The summed E-state index contributed by atoms with van der Waals surface area (Å²) in [5, 5.41) is 3.35. The van der Waals surface area contributed by atoms with Gasteiger partial charge in [-0.15, -0.1) is 23.1 Å². The van der Waals surface area contributed by atoms with E-state index in [2.05, 4.69) is 5.32 Å². The smallest absolute Gasteiger partial charge is 0.348 e. The maximum absolute atomic E-state index is 13.2. The van der Waals surface area contributed by atoms with Crippen LogP contribution in [0.5, 0.6) is 0 Å². The number of para-hydroxylation sites is 1. The molecule has 0 fully saturated rings. The topological polar surface area (TPSA) is 55.4 Å². The molecule has 0 radical (unpaired) electrons. The molecule has 0 aliphatic heterocycles. The van der Waals surface area contributed by atoms with Gasteiger partial charge < -0.3 is 10.1 Å². The number of esters is 1. The van der Waals surface area contributed by atoms with Crippen molar-refractivity contribution in [1.82, 2.24) is 0 Å². The number of rotatable bonds is 5. The third-order valence-corrected chi connectivity index (χ3v) is 5.29. The first-order valence-corrected chi connectivity index (χ1v) is 9.40. The summed E-state index contributed by atoms with van der Waals surface area (Å²) in [5.41, 5.74) is 0.674. The van der Waals surface area contributed by atoms with Crippen LogP contribution in [0.25, 0.3) is 10.1 Å². The Hall–Kier alpha value is -2.38. The van der Waals surface area contributed by atoms with Gasteiger partial charge in [0.05, 0.1) is 5.69 Å². The fourth-order valence-corrected chi connectivity index (χ4v) is 3.74. The number of nitrogens with one attached hydrogen (secondary N) is 1. The average Bonchev–Trinajstić information content (AvgIpc) is 3.03. The normalized spacial score (nSPS) is 10.6. The van der Waals surface area contributed by atoms with E-state index < -0.39 is 11.9 Å². The second kappa shape index (κ2) is 7.67. The van der Waals surface area contributed by atoms with Crippen molar-refractivity contribution >= 4 is 50.7 Å². The molecule has 1 heterocycles. The third kappa shape index (κ3) is 4.18. The molecular formula is C18H14FNO3S2. The number of thioether (sulfide) groups is 1. The van der Waals surface area contributed by atoms with Gasteiger partial charge in [0, 0.05) is 9.60 Å². The SMILES string of the molecule is CSc1ccccc1NC(=O)COC(=O)c1cc2cc(F)ccc2s1. The van der Waals surface area contributed by atoms with E-state index in [4.69, 9.17) is 4.74 Å². The van der Waals surface area contributed by atoms with Crippen LogP contribution in [0.3, 0.4) is 0 Å². The molecule has 0 aliphatic rings. The molecule has 1 amide bonds. The second-order valence-electron chi connectivity index (χ2n) is 5.12. The Morgan fingerprint density at radius 3 is 2.80 bits per heavy atom. The van der Waals surface area contributed by atoms with Crippen LogP contribution in [0.4, 0.5) is 10.1 Å². The highest BCUT2D eigenvalue weighted by Crippen LogP contribution is 2.27. The summed E-state index contributed by atoms with van der Waals surface area (Å²) >= 11 is 2.71. The van der Waals surface area contributed by atoms with Gasteiger partial charge in [-0.05, 0) is 48.0 Å². The highest BCUT2D eigenvalue weighted by molar-refractivity contribution is 7.98. The molecule has 3 aromatic rings. The van der Waals surface area contributed by atoms with Crippen LogP contribution in [-0.4, -0.2) is 24.7 Å². The number of anilines is 1. The van der Waals surface area contributed by atoms with Crippen molar-refractivity contribution in [2.75, 3.05) is 18.2 Å². The molecule has 0 spiro atoms. The lowest BCUT2D eigenvalue weighted by molar-refractivity contribution is -0.119. The van der Waals surface area contributed by atoms with Gasteiger partial charge in [0.1, 0.15) is 10.7 Å². The minimum absolute atomic E-state index is 0.331. The lowest BCUT2D eigenvalue weighted by Gasteiger charge is -2.09. The molecule has 0 atom stereocenters. The minimum Gasteiger partial charge on any atom is -0.451 e. The number of hydrogen-bond donors (Lipinski definition) is 1. The largest absolute Gasteiger partial charge is 0.451 e. The molecule has 4 nitrogen and oxygen atoms in total. The van der Waals surface area contributed by atoms with Gasteiger partial charge in [0.25, 0.3) is 5.91 Å². The first-order chi connectivity index (χ1) is 12.1. The molecule has 2 aromatic carbocycles. The number of thiophene rings is 1. The van der Waals surface area contributed by atoms with Crippen molar-refractivity contribution in [3.8, 4) is 0 Å². The van der Waals surface area contributed by atoms with Gasteiger partial charge in [0.15, 0.2) is 6.61 Å². The van der Waals surface area contributed by atoms with Crippen molar-refractivity contribution in [2.45, 2.75) is 4.90 Å². The first-order valence-electron chi connectivity index (χ1n) is 7.36. The van der Waals surface area contributed by atoms with E-state index in [1.807, 2.05) is 24.5 Å². The quantitative estimate of drug-likeness (QED) is 0.525. The maximum atomic E-state index is 13.2. The number of fused-ring (bicyclic) bond motifs is 1. The second-order valence-corrected chi connectivity index (χ2v) is 7.05. The Labute approximate surface area is 152 Å². The van der Waals surface area contributed by atoms with Crippen molar-refractivity contribution in [2.24, 2.45) is 0 Å². The van der Waals surface area contributed by atoms with Gasteiger partial charge >= 0.3 is 5.97 Å². The van der Waals surface area contributed by atoms with E-state index in [0.29, 0.717) is 16.0 Å². The predicted molar refractivity (Wildman–Crippen MR) is 98.9 cm³/mol. The Kier molecular flexibility index (Phi) is 5.35. The van der Waals surface area contributed by atoms with Crippen LogP contribution in [-0.2, 0) is 9.53 Å². The van der Waals surface area contributed by atoms with Gasteiger partial charge in [-0.2, -0.15) is 0 Å². The van der Waals surface area contributed by atoms with E-state index in [-0.39, 0.29) is 12.4 Å². The fourth-order valence-electron chi connectivity index (χ4n) is 2.25. The zero-order chi connectivity index (χ0) is 17.8. The summed E-state index contributed by atoms with van der Waals surface area (Å²) in [5.74, 6) is -1.38. The molecular weight excluding hydrogens is 361 g/mol. The molecule has 7 heteroatoms. The lowest BCUT2D eigenvalue weighted by atomic mass is 10.2. The molecule has 25 heavy (non-hydrogen) atoms. The average molecular weight is 375 g/mol. The van der Waals surface area contributed by atoms with Crippen molar-refractivity contribution in [3.05, 3.63) is 59.2 Å². The maximum Gasteiger partial charge on any atom is 0.348 e. The van der Waals surface area contributed by atoms with Crippen molar-refractivity contribution in [1.29, 1.82) is 0 Å².